The molecule has 1 aromatic heterocycles. The van der Waals surface area contributed by atoms with Crippen molar-refractivity contribution in [1.29, 1.82) is 0 Å². The Bertz CT molecular complexity index is 1100. The molecule has 0 aliphatic heterocycles. The summed E-state index contributed by atoms with van der Waals surface area (Å²) in [6.07, 6.45) is 2.03. The third kappa shape index (κ3) is 3.99. The topological polar surface area (TPSA) is 58.1 Å². The number of hydrogen-bond donors (Lipinski definition) is 1. The van der Waals surface area contributed by atoms with Crippen LogP contribution in [0.3, 0.4) is 0 Å². The smallest absolute Gasteiger partial charge is 0.262 e. The van der Waals surface area contributed by atoms with Gasteiger partial charge in [-0.1, -0.05) is 12.1 Å². The lowest BCUT2D eigenvalue weighted by molar-refractivity contribution is 0.0785. The van der Waals surface area contributed by atoms with Crippen LogP contribution < -0.4 is 5.56 Å². The number of aromatic amines is 1. The summed E-state index contributed by atoms with van der Waals surface area (Å²) >= 11 is 6.93. The molecule has 27 heavy (non-hydrogen) atoms. The highest BCUT2D eigenvalue weighted by atomic mass is 32.2. The number of amides is 1. The Labute approximate surface area is 167 Å². The van der Waals surface area contributed by atoms with Crippen LogP contribution in [0.4, 0.5) is 0 Å². The second-order valence-electron chi connectivity index (χ2n) is 6.25. The Morgan fingerprint density at radius 3 is 2.56 bits per heavy atom. The van der Waals surface area contributed by atoms with Crippen LogP contribution >= 0.6 is 24.0 Å². The molecule has 0 atom stereocenters. The van der Waals surface area contributed by atoms with E-state index in [9.17, 15) is 9.59 Å². The molecule has 1 heterocycles. The van der Waals surface area contributed by atoms with Gasteiger partial charge in [0.1, 0.15) is 0 Å². The number of carbonyl (C=O) groups excluding carboxylic acids is 1. The molecule has 140 valence electrons. The minimum atomic E-state index is -0.141. The zero-order chi connectivity index (χ0) is 19.6. The van der Waals surface area contributed by atoms with Gasteiger partial charge < -0.3 is 9.88 Å². The second-order valence-corrected chi connectivity index (χ2v) is 7.52. The van der Waals surface area contributed by atoms with Crippen LogP contribution in [0.2, 0.25) is 0 Å². The van der Waals surface area contributed by atoms with Crippen LogP contribution in [0.15, 0.2) is 52.2 Å². The SMILES string of the molecule is CCn1c(=S)[nH]c2cc(C(=O)N(C)Cc3ccc(SC)cc3)ccc2c1=O. The van der Waals surface area contributed by atoms with E-state index in [1.165, 1.54) is 9.46 Å². The normalized spacial score (nSPS) is 10.9. The molecule has 0 saturated heterocycles. The monoisotopic (exact) mass is 399 g/mol. The van der Waals surface area contributed by atoms with Crippen LogP contribution in [-0.2, 0) is 13.1 Å². The van der Waals surface area contributed by atoms with Gasteiger partial charge in [-0.05, 0) is 61.3 Å². The number of nitrogens with zero attached hydrogens (tertiary/aromatic N) is 2. The Kier molecular flexibility index (Phi) is 5.82. The molecule has 7 heteroatoms. The summed E-state index contributed by atoms with van der Waals surface area (Å²) in [7, 11) is 1.77. The molecular formula is C20H21N3O2S2. The molecule has 3 aromatic rings. The van der Waals surface area contributed by atoms with Crippen molar-refractivity contribution in [3.8, 4) is 0 Å². The highest BCUT2D eigenvalue weighted by Crippen LogP contribution is 2.17. The number of thioether (sulfide) groups is 1. The van der Waals surface area contributed by atoms with Gasteiger partial charge in [0.05, 0.1) is 10.9 Å². The highest BCUT2D eigenvalue weighted by Gasteiger charge is 2.14. The fourth-order valence-corrected chi connectivity index (χ4v) is 3.70. The van der Waals surface area contributed by atoms with E-state index in [1.54, 1.807) is 41.9 Å². The average Bonchev–Trinajstić information content (AvgIpc) is 2.67. The summed E-state index contributed by atoms with van der Waals surface area (Å²) in [5, 5.41) is 0.525. The van der Waals surface area contributed by atoms with Crippen LogP contribution in [0.25, 0.3) is 10.9 Å². The lowest BCUT2D eigenvalue weighted by Gasteiger charge is -2.18. The van der Waals surface area contributed by atoms with Gasteiger partial charge in [-0.25, -0.2) is 0 Å². The van der Waals surface area contributed by atoms with Gasteiger partial charge in [0.25, 0.3) is 11.5 Å². The maximum absolute atomic E-state index is 12.8. The van der Waals surface area contributed by atoms with E-state index in [1.807, 2.05) is 37.4 Å². The van der Waals surface area contributed by atoms with Gasteiger partial charge in [-0.3, -0.25) is 14.2 Å². The molecule has 0 bridgehead atoms. The van der Waals surface area contributed by atoms with Crippen LogP contribution in [0.5, 0.6) is 0 Å². The number of fused-ring (bicyclic) bond motifs is 1. The lowest BCUT2D eigenvalue weighted by Crippen LogP contribution is -2.26. The predicted molar refractivity (Wildman–Crippen MR) is 113 cm³/mol. The first-order chi connectivity index (χ1) is 12.9. The summed E-state index contributed by atoms with van der Waals surface area (Å²) in [4.78, 5) is 31.2. The van der Waals surface area contributed by atoms with E-state index < -0.39 is 0 Å². The molecule has 0 radical (unpaired) electrons. The fourth-order valence-electron chi connectivity index (χ4n) is 2.97. The van der Waals surface area contributed by atoms with Crippen molar-refractivity contribution in [2.24, 2.45) is 0 Å². The Balaban J connectivity index is 1.88. The van der Waals surface area contributed by atoms with Gasteiger partial charge in [-0.15, -0.1) is 11.8 Å². The molecule has 1 N–H and O–H groups in total. The maximum atomic E-state index is 12.8. The van der Waals surface area contributed by atoms with E-state index in [0.29, 0.717) is 34.3 Å². The van der Waals surface area contributed by atoms with Gasteiger partial charge >= 0.3 is 0 Å². The summed E-state index contributed by atoms with van der Waals surface area (Å²) in [6.45, 7) is 2.89. The molecule has 5 nitrogen and oxygen atoms in total. The molecule has 0 aliphatic rings. The van der Waals surface area contributed by atoms with Crippen molar-refractivity contribution >= 4 is 40.8 Å². The first-order valence-electron chi connectivity index (χ1n) is 8.60. The van der Waals surface area contributed by atoms with Gasteiger partial charge in [0.15, 0.2) is 4.77 Å². The summed E-state index contributed by atoms with van der Waals surface area (Å²) in [5.41, 5.74) is 2.02. The van der Waals surface area contributed by atoms with Crippen LogP contribution in [-0.4, -0.2) is 33.7 Å². The summed E-state index contributed by atoms with van der Waals surface area (Å²) in [5.74, 6) is -0.107. The molecule has 0 aliphatic carbocycles. The zero-order valence-electron chi connectivity index (χ0n) is 15.5. The number of H-pyrrole nitrogens is 1. The third-order valence-corrected chi connectivity index (χ3v) is 5.54. The third-order valence-electron chi connectivity index (χ3n) is 4.47. The highest BCUT2D eigenvalue weighted by molar-refractivity contribution is 7.98. The number of hydrogen-bond acceptors (Lipinski definition) is 4. The van der Waals surface area contributed by atoms with Gasteiger partial charge in [0.2, 0.25) is 0 Å². The number of nitrogens with one attached hydrogen (secondary N) is 1. The molecule has 0 fully saturated rings. The van der Waals surface area contributed by atoms with E-state index in [-0.39, 0.29) is 11.5 Å². The number of carbonyl (C=O) groups is 1. The largest absolute Gasteiger partial charge is 0.337 e. The maximum Gasteiger partial charge on any atom is 0.262 e. The standard InChI is InChI=1S/C20H21N3O2S2/c1-4-23-19(25)16-10-7-14(11-17(16)21-20(23)26)18(24)22(2)12-13-5-8-15(27-3)9-6-13/h5-11H,4,12H2,1-3H3,(H,21,26). The van der Waals surface area contributed by atoms with Crippen molar-refractivity contribution < 1.29 is 4.79 Å². The first-order valence-corrected chi connectivity index (χ1v) is 10.2. The number of aromatic nitrogens is 2. The van der Waals surface area contributed by atoms with Crippen molar-refractivity contribution in [1.82, 2.24) is 14.5 Å². The van der Waals surface area contributed by atoms with Crippen LogP contribution in [0.1, 0.15) is 22.8 Å². The molecule has 0 spiro atoms. The zero-order valence-corrected chi connectivity index (χ0v) is 17.1. The lowest BCUT2D eigenvalue weighted by atomic mass is 10.1. The molecule has 3 rings (SSSR count). The Morgan fingerprint density at radius 1 is 1.22 bits per heavy atom. The van der Waals surface area contributed by atoms with Crippen LogP contribution in [0, 0.1) is 4.77 Å². The van der Waals surface area contributed by atoms with E-state index in [2.05, 4.69) is 4.98 Å². The van der Waals surface area contributed by atoms with Gasteiger partial charge in [0, 0.05) is 30.6 Å². The first kappa shape index (κ1) is 19.4. The minimum absolute atomic E-state index is 0.107. The number of benzene rings is 2. The summed E-state index contributed by atoms with van der Waals surface area (Å²) in [6, 6.07) is 13.2. The van der Waals surface area contributed by atoms with E-state index in [4.69, 9.17) is 12.2 Å². The van der Waals surface area contributed by atoms with E-state index in [0.717, 1.165) is 5.56 Å². The Morgan fingerprint density at radius 2 is 1.93 bits per heavy atom. The summed E-state index contributed by atoms with van der Waals surface area (Å²) < 4.78 is 1.87. The van der Waals surface area contributed by atoms with Crippen molar-refractivity contribution in [2.45, 2.75) is 24.9 Å². The van der Waals surface area contributed by atoms with Crippen molar-refractivity contribution in [2.75, 3.05) is 13.3 Å². The van der Waals surface area contributed by atoms with E-state index >= 15 is 0 Å². The van der Waals surface area contributed by atoms with Gasteiger partial charge in [-0.2, -0.15) is 0 Å². The molecular weight excluding hydrogens is 378 g/mol. The quantitative estimate of drug-likeness (QED) is 0.519. The minimum Gasteiger partial charge on any atom is -0.337 e. The average molecular weight is 400 g/mol. The Hall–Kier alpha value is -2.38. The number of rotatable bonds is 5. The molecule has 1 amide bonds. The van der Waals surface area contributed by atoms with Crippen molar-refractivity contribution in [3.05, 3.63) is 68.7 Å². The molecule has 2 aromatic carbocycles. The predicted octanol–water partition coefficient (Wildman–Crippen LogP) is 4.07. The molecule has 0 saturated carbocycles. The second kappa shape index (κ2) is 8.10. The fraction of sp³-hybridized carbons (Fsp3) is 0.250. The van der Waals surface area contributed by atoms with Crippen molar-refractivity contribution in [3.63, 3.8) is 0 Å². The molecule has 0 unspecified atom stereocenters.